The van der Waals surface area contributed by atoms with E-state index in [1.165, 1.54) is 6.92 Å². The maximum absolute atomic E-state index is 11.4. The number of hydrogen-bond donors (Lipinski definition) is 2. The first-order chi connectivity index (χ1) is 9.08. The zero-order valence-electron chi connectivity index (χ0n) is 10.5. The highest BCUT2D eigenvalue weighted by atomic mass is 16.5. The predicted molar refractivity (Wildman–Crippen MR) is 66.2 cm³/mol. The maximum Gasteiger partial charge on any atom is 0.333 e. The molecule has 1 amide bonds. The highest BCUT2D eigenvalue weighted by Gasteiger charge is 2.35. The molecule has 2 N–H and O–H groups in total. The van der Waals surface area contributed by atoms with Gasteiger partial charge in [0.15, 0.2) is 17.0 Å². The number of ether oxygens (including phenoxy) is 2. The van der Waals surface area contributed by atoms with E-state index in [2.05, 4.69) is 5.32 Å². The molecule has 0 aromatic heterocycles. The van der Waals surface area contributed by atoms with Crippen LogP contribution in [0.3, 0.4) is 0 Å². The number of benzene rings is 1. The molecule has 1 atom stereocenters. The normalized spacial score (nSPS) is 16.9. The molecule has 1 aromatic rings. The molecule has 0 fully saturated rings. The van der Waals surface area contributed by atoms with Crippen LogP contribution in [-0.2, 0) is 15.1 Å². The Kier molecular flexibility index (Phi) is 3.59. The summed E-state index contributed by atoms with van der Waals surface area (Å²) < 4.78 is 11.0. The maximum atomic E-state index is 11.4. The Balaban J connectivity index is 2.42. The molecule has 0 aliphatic carbocycles. The van der Waals surface area contributed by atoms with E-state index in [0.717, 1.165) is 6.42 Å². The van der Waals surface area contributed by atoms with Crippen molar-refractivity contribution in [2.24, 2.45) is 0 Å². The van der Waals surface area contributed by atoms with Crippen LogP contribution in [0.2, 0.25) is 0 Å². The molecular weight excluding hydrogens is 250 g/mol. The standard InChI is InChI=1S/C13H15NO5/c1-13(12(16)17,14-8-15)9-3-4-10-11(7-9)19-6-2-5-18-10/h3-4,7-8H,2,5-6H2,1H3,(H,14,15)(H,16,17). The van der Waals surface area contributed by atoms with Crippen LogP contribution in [-0.4, -0.2) is 30.7 Å². The summed E-state index contributed by atoms with van der Waals surface area (Å²) >= 11 is 0. The zero-order valence-corrected chi connectivity index (χ0v) is 10.5. The minimum atomic E-state index is -1.49. The van der Waals surface area contributed by atoms with Gasteiger partial charge in [-0.05, 0) is 24.6 Å². The second-order valence-corrected chi connectivity index (χ2v) is 4.40. The number of carboxylic acid groups (broad SMARTS) is 1. The lowest BCUT2D eigenvalue weighted by molar-refractivity contribution is -0.145. The van der Waals surface area contributed by atoms with E-state index in [4.69, 9.17) is 9.47 Å². The lowest BCUT2D eigenvalue weighted by Crippen LogP contribution is -2.45. The van der Waals surface area contributed by atoms with Gasteiger partial charge >= 0.3 is 5.97 Å². The number of nitrogens with one attached hydrogen (secondary N) is 1. The van der Waals surface area contributed by atoms with E-state index in [9.17, 15) is 14.7 Å². The topological polar surface area (TPSA) is 84.9 Å². The summed E-state index contributed by atoms with van der Waals surface area (Å²) in [6, 6.07) is 4.85. The molecule has 19 heavy (non-hydrogen) atoms. The Bertz CT molecular complexity index is 502. The quantitative estimate of drug-likeness (QED) is 0.790. The summed E-state index contributed by atoms with van der Waals surface area (Å²) in [6.45, 7) is 2.50. The van der Waals surface area contributed by atoms with Gasteiger partial charge in [-0.2, -0.15) is 0 Å². The Morgan fingerprint density at radius 2 is 2.05 bits per heavy atom. The summed E-state index contributed by atoms with van der Waals surface area (Å²) in [5, 5.41) is 11.6. The molecule has 2 rings (SSSR count). The van der Waals surface area contributed by atoms with Crippen LogP contribution in [0.5, 0.6) is 11.5 Å². The van der Waals surface area contributed by atoms with E-state index in [-0.39, 0.29) is 0 Å². The molecule has 1 aromatic carbocycles. The summed E-state index contributed by atoms with van der Waals surface area (Å²) in [7, 11) is 0. The van der Waals surface area contributed by atoms with E-state index in [1.54, 1.807) is 18.2 Å². The Hall–Kier alpha value is -2.24. The Morgan fingerprint density at radius 3 is 2.68 bits per heavy atom. The smallest absolute Gasteiger partial charge is 0.333 e. The van der Waals surface area contributed by atoms with Gasteiger partial charge in [-0.3, -0.25) is 4.79 Å². The SMILES string of the molecule is CC(NC=O)(C(=O)O)c1ccc2c(c1)OCCCO2. The minimum Gasteiger partial charge on any atom is -0.490 e. The van der Waals surface area contributed by atoms with Gasteiger partial charge < -0.3 is 19.9 Å². The van der Waals surface area contributed by atoms with Crippen LogP contribution in [0.1, 0.15) is 18.9 Å². The molecule has 0 saturated heterocycles. The van der Waals surface area contributed by atoms with Crippen LogP contribution in [0, 0.1) is 0 Å². The Morgan fingerprint density at radius 1 is 1.37 bits per heavy atom. The highest BCUT2D eigenvalue weighted by Crippen LogP contribution is 2.34. The number of fused-ring (bicyclic) bond motifs is 1. The number of carbonyl (C=O) groups is 2. The molecule has 1 aliphatic rings. The molecule has 6 nitrogen and oxygen atoms in total. The first kappa shape index (κ1) is 13.2. The first-order valence-corrected chi connectivity index (χ1v) is 5.93. The third-order valence-electron chi connectivity index (χ3n) is 3.10. The number of amides is 1. The number of aliphatic carboxylic acids is 1. The lowest BCUT2D eigenvalue weighted by Gasteiger charge is -2.25. The summed E-state index contributed by atoms with van der Waals surface area (Å²) in [6.07, 6.45) is 1.14. The molecule has 1 aliphatic heterocycles. The molecule has 0 saturated carbocycles. The molecule has 0 spiro atoms. The molecule has 6 heteroatoms. The van der Waals surface area contributed by atoms with Crippen molar-refractivity contribution < 1.29 is 24.2 Å². The largest absolute Gasteiger partial charge is 0.490 e. The van der Waals surface area contributed by atoms with Gasteiger partial charge in [-0.15, -0.1) is 0 Å². The fourth-order valence-electron chi connectivity index (χ4n) is 1.86. The van der Waals surface area contributed by atoms with Gasteiger partial charge in [-0.1, -0.05) is 6.07 Å². The zero-order chi connectivity index (χ0) is 13.9. The van der Waals surface area contributed by atoms with Crippen molar-refractivity contribution in [2.75, 3.05) is 13.2 Å². The summed E-state index contributed by atoms with van der Waals surface area (Å²) in [4.78, 5) is 22.0. The average molecular weight is 265 g/mol. The van der Waals surface area contributed by atoms with Crippen LogP contribution >= 0.6 is 0 Å². The van der Waals surface area contributed by atoms with Gasteiger partial charge in [0.25, 0.3) is 0 Å². The van der Waals surface area contributed by atoms with E-state index in [0.29, 0.717) is 36.7 Å². The highest BCUT2D eigenvalue weighted by molar-refractivity contribution is 5.83. The van der Waals surface area contributed by atoms with E-state index >= 15 is 0 Å². The molecule has 1 heterocycles. The van der Waals surface area contributed by atoms with Crippen molar-refractivity contribution in [3.8, 4) is 11.5 Å². The van der Waals surface area contributed by atoms with E-state index < -0.39 is 11.5 Å². The number of hydrogen-bond acceptors (Lipinski definition) is 4. The lowest BCUT2D eigenvalue weighted by atomic mass is 9.92. The van der Waals surface area contributed by atoms with Crippen molar-refractivity contribution >= 4 is 12.4 Å². The molecule has 0 radical (unpaired) electrons. The number of carboxylic acids is 1. The predicted octanol–water partition coefficient (Wildman–Crippen LogP) is 0.894. The van der Waals surface area contributed by atoms with E-state index in [1.807, 2.05) is 0 Å². The van der Waals surface area contributed by atoms with Crippen LogP contribution in [0.15, 0.2) is 18.2 Å². The van der Waals surface area contributed by atoms with Crippen molar-refractivity contribution in [2.45, 2.75) is 18.9 Å². The fourth-order valence-corrected chi connectivity index (χ4v) is 1.86. The molecular formula is C13H15NO5. The van der Waals surface area contributed by atoms with Gasteiger partial charge in [0.05, 0.1) is 13.2 Å². The van der Waals surface area contributed by atoms with Crippen molar-refractivity contribution in [3.63, 3.8) is 0 Å². The van der Waals surface area contributed by atoms with Crippen LogP contribution in [0.4, 0.5) is 0 Å². The molecule has 1 unspecified atom stereocenters. The fraction of sp³-hybridized carbons (Fsp3) is 0.385. The third-order valence-corrected chi connectivity index (χ3v) is 3.10. The van der Waals surface area contributed by atoms with Gasteiger partial charge in [0, 0.05) is 6.42 Å². The monoisotopic (exact) mass is 265 g/mol. The first-order valence-electron chi connectivity index (χ1n) is 5.93. The molecule has 0 bridgehead atoms. The number of rotatable bonds is 4. The van der Waals surface area contributed by atoms with Gasteiger partial charge in [0.1, 0.15) is 0 Å². The number of carbonyl (C=O) groups excluding carboxylic acids is 1. The third kappa shape index (κ3) is 2.47. The Labute approximate surface area is 110 Å². The van der Waals surface area contributed by atoms with Crippen molar-refractivity contribution in [1.29, 1.82) is 0 Å². The van der Waals surface area contributed by atoms with Crippen LogP contribution in [0.25, 0.3) is 0 Å². The second-order valence-electron chi connectivity index (χ2n) is 4.40. The van der Waals surface area contributed by atoms with Crippen molar-refractivity contribution in [1.82, 2.24) is 5.32 Å². The minimum absolute atomic E-state index is 0.372. The van der Waals surface area contributed by atoms with Crippen molar-refractivity contribution in [3.05, 3.63) is 23.8 Å². The van der Waals surface area contributed by atoms with Crippen LogP contribution < -0.4 is 14.8 Å². The summed E-state index contributed by atoms with van der Waals surface area (Å²) in [5.74, 6) is -0.0654. The van der Waals surface area contributed by atoms with Gasteiger partial charge in [0.2, 0.25) is 6.41 Å². The average Bonchev–Trinajstić information content (AvgIpc) is 2.62. The molecule has 102 valence electrons. The second kappa shape index (κ2) is 5.17. The summed E-state index contributed by atoms with van der Waals surface area (Å²) in [5.41, 5.74) is -1.07. The van der Waals surface area contributed by atoms with Gasteiger partial charge in [-0.25, -0.2) is 4.79 Å².